The van der Waals surface area contributed by atoms with Crippen molar-refractivity contribution < 1.29 is 19.4 Å². The van der Waals surface area contributed by atoms with Gasteiger partial charge in [-0.25, -0.2) is 4.98 Å². The molecule has 0 bridgehead atoms. The Morgan fingerprint density at radius 2 is 1.93 bits per heavy atom. The lowest BCUT2D eigenvalue weighted by Gasteiger charge is -2.32. The number of nitrogens with one attached hydrogen (secondary N) is 1. The van der Waals surface area contributed by atoms with Gasteiger partial charge in [0.15, 0.2) is 11.5 Å². The number of aliphatic hydroxyl groups excluding tert-OH is 1. The highest BCUT2D eigenvalue weighted by Gasteiger charge is 2.27. The van der Waals surface area contributed by atoms with E-state index in [0.717, 1.165) is 0 Å². The van der Waals surface area contributed by atoms with Crippen LogP contribution in [-0.2, 0) is 4.79 Å². The van der Waals surface area contributed by atoms with Gasteiger partial charge in [-0.3, -0.25) is 4.79 Å². The zero-order chi connectivity index (χ0) is 20.3. The molecule has 0 radical (unpaired) electrons. The molecule has 0 spiro atoms. The Kier molecular flexibility index (Phi) is 6.03. The molecule has 9 heteroatoms. The maximum Gasteiger partial charge on any atom is 0.227 e. The summed E-state index contributed by atoms with van der Waals surface area (Å²) in [6.07, 6.45) is 1.38. The fourth-order valence-corrected chi connectivity index (χ4v) is 3.36. The van der Waals surface area contributed by atoms with Crippen molar-refractivity contribution in [2.45, 2.75) is 25.8 Å². The quantitative estimate of drug-likeness (QED) is 0.667. The normalized spacial score (nSPS) is 16.1. The highest BCUT2D eigenvalue weighted by molar-refractivity contribution is 5.91. The molecule has 0 aliphatic carbocycles. The summed E-state index contributed by atoms with van der Waals surface area (Å²) < 4.78 is 10.7. The smallest absolute Gasteiger partial charge is 0.227 e. The Hall–Kier alpha value is -2.81. The van der Waals surface area contributed by atoms with Gasteiger partial charge in [0.25, 0.3) is 0 Å². The molecule has 1 aliphatic rings. The highest BCUT2D eigenvalue weighted by Crippen LogP contribution is 2.34. The minimum absolute atomic E-state index is 0.0167. The number of aliphatic hydroxyl groups is 1. The third-order valence-electron chi connectivity index (χ3n) is 5.03. The molecule has 28 heavy (non-hydrogen) atoms. The van der Waals surface area contributed by atoms with E-state index in [1.165, 1.54) is 0 Å². The number of piperidine rings is 1. The van der Waals surface area contributed by atoms with E-state index in [-0.39, 0.29) is 24.5 Å². The number of ether oxygens (including phenoxy) is 2. The molecule has 2 heterocycles. The number of hydrogen-bond donors (Lipinski definition) is 3. The van der Waals surface area contributed by atoms with Gasteiger partial charge < -0.3 is 30.5 Å². The second-order valence-electron chi connectivity index (χ2n) is 6.99. The summed E-state index contributed by atoms with van der Waals surface area (Å²) in [7, 11) is 3.14. The molecule has 1 aliphatic heterocycles. The first-order chi connectivity index (χ1) is 13.5. The summed E-state index contributed by atoms with van der Waals surface area (Å²) in [6, 6.07) is 3.32. The van der Waals surface area contributed by atoms with E-state index < -0.39 is 0 Å². The number of carbonyl (C=O) groups excluding carboxylic acids is 1. The lowest BCUT2D eigenvalue weighted by molar-refractivity contribution is -0.126. The average Bonchev–Trinajstić information content (AvgIpc) is 2.72. The van der Waals surface area contributed by atoms with Crippen LogP contribution < -0.4 is 25.4 Å². The average molecular weight is 389 g/mol. The molecule has 1 atom stereocenters. The second-order valence-corrected chi connectivity index (χ2v) is 6.99. The minimum Gasteiger partial charge on any atom is -0.493 e. The largest absolute Gasteiger partial charge is 0.493 e. The van der Waals surface area contributed by atoms with Crippen molar-refractivity contribution in [3.05, 3.63) is 12.1 Å². The zero-order valence-corrected chi connectivity index (χ0v) is 16.4. The first-order valence-corrected chi connectivity index (χ1v) is 9.32. The van der Waals surface area contributed by atoms with Crippen LogP contribution in [0.5, 0.6) is 11.5 Å². The van der Waals surface area contributed by atoms with Crippen molar-refractivity contribution in [2.24, 2.45) is 5.92 Å². The van der Waals surface area contributed by atoms with Crippen LogP contribution in [0.15, 0.2) is 12.1 Å². The van der Waals surface area contributed by atoms with Gasteiger partial charge in [-0.2, -0.15) is 4.98 Å². The van der Waals surface area contributed by atoms with E-state index in [1.807, 2.05) is 4.90 Å². The number of fused-ring (bicyclic) bond motifs is 1. The molecule has 1 aromatic carbocycles. The van der Waals surface area contributed by atoms with Crippen molar-refractivity contribution in [2.75, 3.05) is 44.5 Å². The number of rotatable bonds is 6. The number of nitrogens with zero attached hydrogens (tertiary/aromatic N) is 3. The number of nitrogens with two attached hydrogens (primary N) is 1. The molecule has 9 nitrogen and oxygen atoms in total. The third kappa shape index (κ3) is 4.04. The van der Waals surface area contributed by atoms with Crippen molar-refractivity contribution in [1.82, 2.24) is 15.3 Å². The second kappa shape index (κ2) is 8.47. The van der Waals surface area contributed by atoms with Gasteiger partial charge >= 0.3 is 0 Å². The number of benzene rings is 1. The Bertz CT molecular complexity index is 852. The van der Waals surface area contributed by atoms with Crippen LogP contribution in [0.1, 0.15) is 19.8 Å². The molecule has 0 unspecified atom stereocenters. The molecule has 0 saturated carbocycles. The van der Waals surface area contributed by atoms with E-state index in [9.17, 15) is 4.79 Å². The van der Waals surface area contributed by atoms with Gasteiger partial charge in [-0.15, -0.1) is 0 Å². The molecular formula is C19H27N5O4. The number of carbonyl (C=O) groups is 1. The fourth-order valence-electron chi connectivity index (χ4n) is 3.36. The number of anilines is 2. The predicted molar refractivity (Wildman–Crippen MR) is 107 cm³/mol. The lowest BCUT2D eigenvalue weighted by Crippen LogP contribution is -2.44. The molecule has 1 amide bonds. The predicted octanol–water partition coefficient (Wildman–Crippen LogP) is 0.943. The first kappa shape index (κ1) is 19.9. The third-order valence-corrected chi connectivity index (χ3v) is 5.03. The summed E-state index contributed by atoms with van der Waals surface area (Å²) in [6.45, 7) is 3.03. The van der Waals surface area contributed by atoms with Crippen molar-refractivity contribution in [3.8, 4) is 11.5 Å². The van der Waals surface area contributed by atoms with E-state index in [1.54, 1.807) is 33.3 Å². The Labute approximate surface area is 163 Å². The number of aromatic nitrogens is 2. The molecule has 1 aromatic heterocycles. The van der Waals surface area contributed by atoms with Gasteiger partial charge in [0.05, 0.1) is 26.3 Å². The summed E-state index contributed by atoms with van der Waals surface area (Å²) in [5.41, 5.74) is 6.84. The monoisotopic (exact) mass is 389 g/mol. The van der Waals surface area contributed by atoms with Crippen molar-refractivity contribution in [1.29, 1.82) is 0 Å². The zero-order valence-electron chi connectivity index (χ0n) is 16.4. The SMILES string of the molecule is COc1cc2nc(N3CCC(C(=O)N[C@@H](C)CO)CC3)nc(N)c2cc1OC. The van der Waals surface area contributed by atoms with Gasteiger partial charge in [-0.1, -0.05) is 0 Å². The highest BCUT2D eigenvalue weighted by atomic mass is 16.5. The maximum atomic E-state index is 12.3. The number of nitrogen functional groups attached to an aromatic ring is 1. The minimum atomic E-state index is -0.235. The van der Waals surface area contributed by atoms with Crippen LogP contribution in [0, 0.1) is 5.92 Å². The van der Waals surface area contributed by atoms with E-state index in [0.29, 0.717) is 60.1 Å². The molecule has 1 saturated heterocycles. The number of amides is 1. The van der Waals surface area contributed by atoms with E-state index >= 15 is 0 Å². The number of hydrogen-bond acceptors (Lipinski definition) is 8. The van der Waals surface area contributed by atoms with Crippen LogP contribution in [0.25, 0.3) is 10.9 Å². The maximum absolute atomic E-state index is 12.3. The van der Waals surface area contributed by atoms with Crippen LogP contribution in [0.2, 0.25) is 0 Å². The van der Waals surface area contributed by atoms with Crippen LogP contribution >= 0.6 is 0 Å². The molecular weight excluding hydrogens is 362 g/mol. The molecule has 2 aromatic rings. The Morgan fingerprint density at radius 3 is 2.54 bits per heavy atom. The van der Waals surface area contributed by atoms with Gasteiger partial charge in [0.1, 0.15) is 5.82 Å². The van der Waals surface area contributed by atoms with Crippen LogP contribution in [-0.4, -0.2) is 60.9 Å². The Morgan fingerprint density at radius 1 is 1.29 bits per heavy atom. The summed E-state index contributed by atoms with van der Waals surface area (Å²) >= 11 is 0. The van der Waals surface area contributed by atoms with E-state index in [2.05, 4.69) is 15.3 Å². The summed E-state index contributed by atoms with van der Waals surface area (Å²) in [4.78, 5) is 23.4. The van der Waals surface area contributed by atoms with Gasteiger partial charge in [0, 0.05) is 36.5 Å². The van der Waals surface area contributed by atoms with Crippen LogP contribution in [0.3, 0.4) is 0 Å². The number of methoxy groups -OCH3 is 2. The summed E-state index contributed by atoms with van der Waals surface area (Å²) in [5, 5.41) is 12.6. The van der Waals surface area contributed by atoms with E-state index in [4.69, 9.17) is 20.3 Å². The first-order valence-electron chi connectivity index (χ1n) is 9.32. The molecule has 152 valence electrons. The van der Waals surface area contributed by atoms with Crippen molar-refractivity contribution in [3.63, 3.8) is 0 Å². The molecule has 4 N–H and O–H groups in total. The van der Waals surface area contributed by atoms with Crippen molar-refractivity contribution >= 4 is 28.6 Å². The standard InChI is InChI=1S/C19H27N5O4/c1-11(10-25)21-18(26)12-4-6-24(7-5-12)19-22-14-9-16(28-3)15(27-2)8-13(14)17(20)23-19/h8-9,11-12,25H,4-7,10H2,1-3H3,(H,21,26)(H2,20,22,23)/t11-/m0/s1. The topological polar surface area (TPSA) is 123 Å². The molecule has 3 rings (SSSR count). The molecule has 1 fully saturated rings. The van der Waals surface area contributed by atoms with Gasteiger partial charge in [-0.05, 0) is 25.8 Å². The Balaban J connectivity index is 1.77. The lowest BCUT2D eigenvalue weighted by atomic mass is 9.96. The van der Waals surface area contributed by atoms with Gasteiger partial charge in [0.2, 0.25) is 11.9 Å². The van der Waals surface area contributed by atoms with Crippen LogP contribution in [0.4, 0.5) is 11.8 Å². The summed E-state index contributed by atoms with van der Waals surface area (Å²) in [5.74, 6) is 1.97. The fraction of sp³-hybridized carbons (Fsp3) is 0.526.